The maximum absolute atomic E-state index is 12.8. The summed E-state index contributed by atoms with van der Waals surface area (Å²) in [6.45, 7) is 3.43. The molecule has 0 saturated carbocycles. The van der Waals surface area contributed by atoms with Gasteiger partial charge in [0.2, 0.25) is 5.82 Å². The molecule has 1 aliphatic heterocycles. The molecule has 0 unspecified atom stereocenters. The van der Waals surface area contributed by atoms with Crippen LogP contribution in [-0.4, -0.2) is 44.2 Å². The number of hydrogen-bond acceptors (Lipinski definition) is 7. The van der Waals surface area contributed by atoms with Gasteiger partial charge >= 0.3 is 6.36 Å². The van der Waals surface area contributed by atoms with E-state index < -0.39 is 12.1 Å². The van der Waals surface area contributed by atoms with Crippen molar-refractivity contribution in [3.8, 4) is 28.6 Å². The van der Waals surface area contributed by atoms with Crippen LogP contribution in [0, 0.1) is 6.92 Å². The minimum atomic E-state index is -4.87. The van der Waals surface area contributed by atoms with E-state index in [9.17, 15) is 18.0 Å². The second-order valence-electron chi connectivity index (χ2n) is 7.77. The SMILES string of the molecule is Cc1nn2c(C3CCNCC3)cc(=O)[nH]c2c1-c1nc(-c2ccccc2OC(F)(F)F)no1.Cl. The van der Waals surface area contributed by atoms with E-state index in [0.29, 0.717) is 16.9 Å². The van der Waals surface area contributed by atoms with Gasteiger partial charge in [0.05, 0.1) is 17.0 Å². The molecule has 2 N–H and O–H groups in total. The number of benzene rings is 1. The van der Waals surface area contributed by atoms with Crippen LogP contribution < -0.4 is 15.6 Å². The molecule has 34 heavy (non-hydrogen) atoms. The maximum atomic E-state index is 12.8. The van der Waals surface area contributed by atoms with Crippen molar-refractivity contribution >= 4 is 18.1 Å². The third-order valence-corrected chi connectivity index (χ3v) is 5.58. The summed E-state index contributed by atoms with van der Waals surface area (Å²) in [5.74, 6) is -0.346. The number of alkyl halides is 3. The number of aromatic nitrogens is 5. The summed E-state index contributed by atoms with van der Waals surface area (Å²) in [5.41, 5.74) is 1.85. The summed E-state index contributed by atoms with van der Waals surface area (Å²) in [7, 11) is 0. The number of aryl methyl sites for hydroxylation is 1. The van der Waals surface area contributed by atoms with E-state index in [0.717, 1.165) is 31.6 Å². The predicted octanol–water partition coefficient (Wildman–Crippen LogP) is 3.84. The standard InChI is InChI=1S/C21H19F3N6O3.ClH/c1-11-17(19-26-16(31)10-14(30(19)28-11)12-6-8-25-9-7-12)20-27-18(29-33-20)13-4-2-3-5-15(13)32-21(22,23)24;/h2-5,10,12,25H,6-9H2,1H3,(H,26,31);1H. The zero-order valence-electron chi connectivity index (χ0n) is 17.8. The molecule has 9 nitrogen and oxygen atoms in total. The first kappa shape index (κ1) is 23.8. The largest absolute Gasteiger partial charge is 0.573 e. The van der Waals surface area contributed by atoms with Gasteiger partial charge in [0, 0.05) is 12.0 Å². The van der Waals surface area contributed by atoms with E-state index in [1.165, 1.54) is 24.3 Å². The normalized spacial score (nSPS) is 14.8. The van der Waals surface area contributed by atoms with Crippen molar-refractivity contribution < 1.29 is 22.4 Å². The van der Waals surface area contributed by atoms with Crippen LogP contribution in [0.15, 0.2) is 39.6 Å². The van der Waals surface area contributed by atoms with E-state index in [1.807, 2.05) is 0 Å². The molecule has 0 amide bonds. The summed E-state index contributed by atoms with van der Waals surface area (Å²) in [6, 6.07) is 7.06. The molecule has 13 heteroatoms. The van der Waals surface area contributed by atoms with Crippen molar-refractivity contribution in [2.45, 2.75) is 32.0 Å². The van der Waals surface area contributed by atoms with Gasteiger partial charge in [-0.2, -0.15) is 10.1 Å². The Morgan fingerprint density at radius 2 is 1.94 bits per heavy atom. The Morgan fingerprint density at radius 3 is 2.68 bits per heavy atom. The molecule has 1 fully saturated rings. The summed E-state index contributed by atoms with van der Waals surface area (Å²) in [4.78, 5) is 19.5. The van der Waals surface area contributed by atoms with Gasteiger partial charge in [-0.25, -0.2) is 4.52 Å². The van der Waals surface area contributed by atoms with Crippen LogP contribution in [0.5, 0.6) is 5.75 Å². The first-order valence-electron chi connectivity index (χ1n) is 10.3. The molecular formula is C21H20ClF3N6O3. The lowest BCUT2D eigenvalue weighted by atomic mass is 9.94. The molecule has 5 rings (SSSR count). The lowest BCUT2D eigenvalue weighted by Crippen LogP contribution is -2.28. The zero-order valence-corrected chi connectivity index (χ0v) is 18.7. The van der Waals surface area contributed by atoms with Crippen molar-refractivity contribution in [1.29, 1.82) is 0 Å². The number of H-pyrrole nitrogens is 1. The number of nitrogens with zero attached hydrogens (tertiary/aromatic N) is 4. The average Bonchev–Trinajstić information content (AvgIpc) is 3.37. The Labute approximate surface area is 196 Å². The van der Waals surface area contributed by atoms with Crippen LogP contribution in [-0.2, 0) is 0 Å². The number of fused-ring (bicyclic) bond motifs is 1. The van der Waals surface area contributed by atoms with E-state index in [4.69, 9.17) is 4.52 Å². The topological polar surface area (TPSA) is 110 Å². The molecule has 1 saturated heterocycles. The molecule has 0 radical (unpaired) electrons. The highest BCUT2D eigenvalue weighted by Crippen LogP contribution is 2.35. The number of hydrogen-bond donors (Lipinski definition) is 2. The summed E-state index contributed by atoms with van der Waals surface area (Å²) < 4.78 is 49.5. The Hall–Kier alpha value is -3.38. The molecule has 1 aliphatic rings. The number of halogens is 4. The highest BCUT2D eigenvalue weighted by atomic mass is 35.5. The Kier molecular flexibility index (Phi) is 6.36. The third kappa shape index (κ3) is 4.50. The fraction of sp³-hybridized carbons (Fsp3) is 0.333. The van der Waals surface area contributed by atoms with Gasteiger partial charge in [-0.1, -0.05) is 17.3 Å². The fourth-order valence-corrected chi connectivity index (χ4v) is 4.14. The molecule has 180 valence electrons. The van der Waals surface area contributed by atoms with Crippen LogP contribution in [0.1, 0.15) is 30.1 Å². The molecule has 4 aromatic rings. The van der Waals surface area contributed by atoms with Crippen LogP contribution in [0.3, 0.4) is 0 Å². The highest BCUT2D eigenvalue weighted by Gasteiger charge is 2.33. The van der Waals surface area contributed by atoms with Crippen molar-refractivity contribution in [2.24, 2.45) is 0 Å². The number of para-hydroxylation sites is 1. The average molecular weight is 497 g/mol. The van der Waals surface area contributed by atoms with Crippen LogP contribution in [0.4, 0.5) is 13.2 Å². The van der Waals surface area contributed by atoms with Crippen LogP contribution in [0.2, 0.25) is 0 Å². The molecular weight excluding hydrogens is 477 g/mol. The summed E-state index contributed by atoms with van der Waals surface area (Å²) in [6.07, 6.45) is -3.13. The van der Waals surface area contributed by atoms with E-state index in [1.54, 1.807) is 17.5 Å². The summed E-state index contributed by atoms with van der Waals surface area (Å²) >= 11 is 0. The van der Waals surface area contributed by atoms with Crippen LogP contribution in [0.25, 0.3) is 28.5 Å². The Balaban J connectivity index is 0.00000274. The van der Waals surface area contributed by atoms with Gasteiger partial charge in [-0.15, -0.1) is 25.6 Å². The predicted molar refractivity (Wildman–Crippen MR) is 118 cm³/mol. The first-order chi connectivity index (χ1) is 15.8. The second kappa shape index (κ2) is 9.11. The van der Waals surface area contributed by atoms with Crippen LogP contribution >= 0.6 is 12.4 Å². The minimum absolute atomic E-state index is 0. The Morgan fingerprint density at radius 1 is 1.21 bits per heavy atom. The molecule has 1 aromatic carbocycles. The van der Waals surface area contributed by atoms with Gasteiger partial charge in [-0.3, -0.25) is 4.79 Å². The van der Waals surface area contributed by atoms with Crippen molar-refractivity contribution in [3.05, 3.63) is 52.1 Å². The minimum Gasteiger partial charge on any atom is -0.405 e. The summed E-state index contributed by atoms with van der Waals surface area (Å²) in [5, 5.41) is 11.7. The number of aromatic amines is 1. The van der Waals surface area contributed by atoms with Gasteiger partial charge in [-0.05, 0) is 45.0 Å². The quantitative estimate of drug-likeness (QED) is 0.441. The Bertz CT molecular complexity index is 1370. The molecule has 0 atom stereocenters. The number of piperidine rings is 1. The van der Waals surface area contributed by atoms with E-state index >= 15 is 0 Å². The maximum Gasteiger partial charge on any atom is 0.573 e. The smallest absolute Gasteiger partial charge is 0.405 e. The monoisotopic (exact) mass is 496 g/mol. The number of rotatable bonds is 4. The lowest BCUT2D eigenvalue weighted by Gasteiger charge is -2.23. The zero-order chi connectivity index (χ0) is 23.2. The first-order valence-corrected chi connectivity index (χ1v) is 10.3. The molecule has 0 bridgehead atoms. The molecule has 0 spiro atoms. The molecule has 3 aromatic heterocycles. The van der Waals surface area contributed by atoms with E-state index in [2.05, 4.69) is 30.3 Å². The van der Waals surface area contributed by atoms with Gasteiger partial charge < -0.3 is 19.6 Å². The molecule has 0 aliphatic carbocycles. The number of ether oxygens (including phenoxy) is 1. The van der Waals surface area contributed by atoms with Crippen molar-refractivity contribution in [3.63, 3.8) is 0 Å². The third-order valence-electron chi connectivity index (χ3n) is 5.58. The second-order valence-corrected chi connectivity index (χ2v) is 7.77. The molecule has 4 heterocycles. The highest BCUT2D eigenvalue weighted by molar-refractivity contribution is 5.85. The number of nitrogens with one attached hydrogen (secondary N) is 2. The lowest BCUT2D eigenvalue weighted by molar-refractivity contribution is -0.274. The van der Waals surface area contributed by atoms with Gasteiger partial charge in [0.25, 0.3) is 11.4 Å². The fourth-order valence-electron chi connectivity index (χ4n) is 4.14. The van der Waals surface area contributed by atoms with Crippen molar-refractivity contribution in [1.82, 2.24) is 30.1 Å². The van der Waals surface area contributed by atoms with Gasteiger partial charge in [0.1, 0.15) is 17.0 Å². The van der Waals surface area contributed by atoms with Crippen molar-refractivity contribution in [2.75, 3.05) is 13.1 Å². The van der Waals surface area contributed by atoms with Gasteiger partial charge in [0.15, 0.2) is 0 Å². The van der Waals surface area contributed by atoms with E-state index in [-0.39, 0.29) is 41.2 Å².